The third-order valence-electron chi connectivity index (χ3n) is 3.44. The fourth-order valence-corrected chi connectivity index (χ4v) is 3.14. The highest BCUT2D eigenvalue weighted by atomic mass is 32.1. The molecule has 1 amide bonds. The van der Waals surface area contributed by atoms with E-state index >= 15 is 0 Å². The number of carbonyl (C=O) groups excluding carboxylic acids is 2. The SMILES string of the molecule is CCOC(=O)c1sc(-c2cccc(NC(=O)CCN(C)C)c2)nc1C. The molecule has 1 N–H and O–H groups in total. The second-order valence-electron chi connectivity index (χ2n) is 5.84. The highest BCUT2D eigenvalue weighted by Crippen LogP contribution is 2.30. The monoisotopic (exact) mass is 361 g/mol. The van der Waals surface area contributed by atoms with Crippen molar-refractivity contribution in [2.75, 3.05) is 32.6 Å². The number of rotatable bonds is 7. The molecule has 6 nitrogen and oxygen atoms in total. The van der Waals surface area contributed by atoms with E-state index in [0.29, 0.717) is 35.8 Å². The van der Waals surface area contributed by atoms with Crippen molar-refractivity contribution in [1.29, 1.82) is 0 Å². The Morgan fingerprint density at radius 2 is 2.08 bits per heavy atom. The molecule has 0 unspecified atom stereocenters. The summed E-state index contributed by atoms with van der Waals surface area (Å²) in [5.41, 5.74) is 2.22. The van der Waals surface area contributed by atoms with Crippen LogP contribution in [0.1, 0.15) is 28.7 Å². The number of nitrogens with one attached hydrogen (secondary N) is 1. The first kappa shape index (κ1) is 19.1. The fraction of sp³-hybridized carbons (Fsp3) is 0.389. The van der Waals surface area contributed by atoms with Crippen LogP contribution in [0.25, 0.3) is 10.6 Å². The second kappa shape index (κ2) is 8.73. The van der Waals surface area contributed by atoms with Crippen LogP contribution in [0.15, 0.2) is 24.3 Å². The van der Waals surface area contributed by atoms with E-state index in [1.165, 1.54) is 11.3 Å². The Bertz CT molecular complexity index is 756. The third kappa shape index (κ3) is 5.37. The van der Waals surface area contributed by atoms with Crippen molar-refractivity contribution in [2.45, 2.75) is 20.3 Å². The molecule has 0 aliphatic rings. The molecule has 0 atom stereocenters. The molecule has 134 valence electrons. The number of carbonyl (C=O) groups is 2. The Morgan fingerprint density at radius 1 is 1.32 bits per heavy atom. The van der Waals surface area contributed by atoms with E-state index in [4.69, 9.17) is 4.74 Å². The molecule has 1 aromatic carbocycles. The normalized spacial score (nSPS) is 10.8. The van der Waals surface area contributed by atoms with Crippen molar-refractivity contribution >= 4 is 28.9 Å². The van der Waals surface area contributed by atoms with Gasteiger partial charge >= 0.3 is 5.97 Å². The van der Waals surface area contributed by atoms with Gasteiger partial charge in [0.1, 0.15) is 9.88 Å². The first-order valence-electron chi connectivity index (χ1n) is 8.10. The predicted molar refractivity (Wildman–Crippen MR) is 100 cm³/mol. The number of hydrogen-bond donors (Lipinski definition) is 1. The molecule has 0 bridgehead atoms. The number of ether oxygens (including phenoxy) is 1. The summed E-state index contributed by atoms with van der Waals surface area (Å²) >= 11 is 1.30. The Morgan fingerprint density at radius 3 is 2.76 bits per heavy atom. The van der Waals surface area contributed by atoms with Gasteiger partial charge in [0.05, 0.1) is 12.3 Å². The molecule has 2 rings (SSSR count). The van der Waals surface area contributed by atoms with Crippen molar-refractivity contribution in [1.82, 2.24) is 9.88 Å². The van der Waals surface area contributed by atoms with Crippen molar-refractivity contribution in [3.8, 4) is 10.6 Å². The van der Waals surface area contributed by atoms with Crippen molar-refractivity contribution in [3.05, 3.63) is 34.8 Å². The largest absolute Gasteiger partial charge is 0.462 e. The summed E-state index contributed by atoms with van der Waals surface area (Å²) in [6, 6.07) is 7.46. The Balaban J connectivity index is 2.15. The molecular formula is C18H23N3O3S. The van der Waals surface area contributed by atoms with Gasteiger partial charge in [-0.25, -0.2) is 9.78 Å². The predicted octanol–water partition coefficient (Wildman–Crippen LogP) is 3.19. The molecule has 0 saturated carbocycles. The summed E-state index contributed by atoms with van der Waals surface area (Å²) in [6.07, 6.45) is 0.431. The highest BCUT2D eigenvalue weighted by Gasteiger charge is 2.17. The molecule has 0 fully saturated rings. The third-order valence-corrected chi connectivity index (χ3v) is 4.62. The Hall–Kier alpha value is -2.25. The van der Waals surface area contributed by atoms with Gasteiger partial charge in [-0.2, -0.15) is 0 Å². The highest BCUT2D eigenvalue weighted by molar-refractivity contribution is 7.17. The minimum absolute atomic E-state index is 0.0339. The van der Waals surface area contributed by atoms with Gasteiger partial charge in [0.2, 0.25) is 5.91 Å². The summed E-state index contributed by atoms with van der Waals surface area (Å²) in [6.45, 7) is 4.59. The molecule has 0 saturated heterocycles. The number of nitrogens with zero attached hydrogens (tertiary/aromatic N) is 2. The fourth-order valence-electron chi connectivity index (χ4n) is 2.18. The van der Waals surface area contributed by atoms with Crippen LogP contribution >= 0.6 is 11.3 Å². The van der Waals surface area contributed by atoms with Crippen LogP contribution in [0.2, 0.25) is 0 Å². The van der Waals surface area contributed by atoms with Gasteiger partial charge in [-0.15, -0.1) is 11.3 Å². The first-order chi connectivity index (χ1) is 11.9. The molecule has 7 heteroatoms. The van der Waals surface area contributed by atoms with Crippen LogP contribution in [0.5, 0.6) is 0 Å². The van der Waals surface area contributed by atoms with E-state index in [1.807, 2.05) is 43.3 Å². The van der Waals surface area contributed by atoms with E-state index in [0.717, 1.165) is 10.6 Å². The Kier molecular flexibility index (Phi) is 6.66. The van der Waals surface area contributed by atoms with Crippen molar-refractivity contribution in [2.24, 2.45) is 0 Å². The first-order valence-corrected chi connectivity index (χ1v) is 8.92. The van der Waals surface area contributed by atoms with E-state index in [-0.39, 0.29) is 11.9 Å². The number of aromatic nitrogens is 1. The summed E-state index contributed by atoms with van der Waals surface area (Å²) in [7, 11) is 3.86. The lowest BCUT2D eigenvalue weighted by molar-refractivity contribution is -0.116. The van der Waals surface area contributed by atoms with Gasteiger partial charge < -0.3 is 15.0 Å². The zero-order valence-electron chi connectivity index (χ0n) is 15.0. The topological polar surface area (TPSA) is 71.5 Å². The quantitative estimate of drug-likeness (QED) is 0.767. The average Bonchev–Trinajstić information content (AvgIpc) is 2.95. The van der Waals surface area contributed by atoms with Crippen LogP contribution in [0.3, 0.4) is 0 Å². The lowest BCUT2D eigenvalue weighted by atomic mass is 10.2. The van der Waals surface area contributed by atoms with E-state index in [9.17, 15) is 9.59 Å². The van der Waals surface area contributed by atoms with Gasteiger partial charge in [0, 0.05) is 24.2 Å². The number of aryl methyl sites for hydroxylation is 1. The van der Waals surface area contributed by atoms with Crippen LogP contribution in [-0.2, 0) is 9.53 Å². The number of anilines is 1. The molecule has 0 aliphatic carbocycles. The molecular weight excluding hydrogens is 338 g/mol. The zero-order chi connectivity index (χ0) is 18.4. The van der Waals surface area contributed by atoms with Crippen molar-refractivity contribution in [3.63, 3.8) is 0 Å². The van der Waals surface area contributed by atoms with Gasteiger partial charge in [-0.1, -0.05) is 12.1 Å². The van der Waals surface area contributed by atoms with E-state index < -0.39 is 0 Å². The molecule has 0 spiro atoms. The lowest BCUT2D eigenvalue weighted by Gasteiger charge is -2.10. The Labute approximate surface area is 151 Å². The van der Waals surface area contributed by atoms with Crippen LogP contribution in [0, 0.1) is 6.92 Å². The second-order valence-corrected chi connectivity index (χ2v) is 6.84. The zero-order valence-corrected chi connectivity index (χ0v) is 15.8. The van der Waals surface area contributed by atoms with E-state index in [2.05, 4.69) is 10.3 Å². The molecule has 0 aliphatic heterocycles. The molecule has 1 heterocycles. The number of thiazole rings is 1. The summed E-state index contributed by atoms with van der Waals surface area (Å²) in [4.78, 5) is 30.8. The van der Waals surface area contributed by atoms with Gasteiger partial charge in [-0.3, -0.25) is 4.79 Å². The van der Waals surface area contributed by atoms with Crippen molar-refractivity contribution < 1.29 is 14.3 Å². The number of benzene rings is 1. The average molecular weight is 361 g/mol. The van der Waals surface area contributed by atoms with E-state index in [1.54, 1.807) is 13.8 Å². The van der Waals surface area contributed by atoms with Gasteiger partial charge in [0.15, 0.2) is 0 Å². The summed E-state index contributed by atoms with van der Waals surface area (Å²) < 4.78 is 5.05. The minimum Gasteiger partial charge on any atom is -0.462 e. The van der Waals surface area contributed by atoms with Crippen LogP contribution < -0.4 is 5.32 Å². The maximum Gasteiger partial charge on any atom is 0.350 e. The molecule has 25 heavy (non-hydrogen) atoms. The number of esters is 1. The van der Waals surface area contributed by atoms with Gasteiger partial charge in [0.25, 0.3) is 0 Å². The van der Waals surface area contributed by atoms with Crippen LogP contribution in [0.4, 0.5) is 5.69 Å². The smallest absolute Gasteiger partial charge is 0.350 e. The lowest BCUT2D eigenvalue weighted by Crippen LogP contribution is -2.20. The van der Waals surface area contributed by atoms with Crippen LogP contribution in [-0.4, -0.2) is 49.0 Å². The summed E-state index contributed by atoms with van der Waals surface area (Å²) in [5.74, 6) is -0.384. The maximum absolute atomic E-state index is 12.0. The standard InChI is InChI=1S/C18H23N3O3S/c1-5-24-18(23)16-12(2)19-17(25-16)13-7-6-8-14(11-13)20-15(22)9-10-21(3)4/h6-8,11H,5,9-10H2,1-4H3,(H,20,22). The number of amides is 1. The minimum atomic E-state index is -0.350. The van der Waals surface area contributed by atoms with Gasteiger partial charge in [-0.05, 0) is 40.1 Å². The maximum atomic E-state index is 12.0. The molecule has 0 radical (unpaired) electrons. The number of hydrogen-bond acceptors (Lipinski definition) is 6. The summed E-state index contributed by atoms with van der Waals surface area (Å²) in [5, 5.41) is 3.62. The molecule has 2 aromatic rings. The molecule has 1 aromatic heterocycles.